The van der Waals surface area contributed by atoms with Crippen molar-refractivity contribution in [2.45, 2.75) is 117 Å². The Morgan fingerprint density at radius 2 is 0.757 bits per heavy atom. The summed E-state index contributed by atoms with van der Waals surface area (Å²) in [6.07, 6.45) is 20.5. The standard InChI is InChI=1S/2C15H23O2P.Cr/c2*1-2-3-4-5-6-7-8-9-14-10-12-15(13-11-14)18(16)17;/h2*10-13H,2-9H2,1H3;/q;;+2. The van der Waals surface area contributed by atoms with Gasteiger partial charge in [0, 0.05) is 0 Å². The maximum Gasteiger partial charge on any atom is 2.00 e. The molecule has 0 N–H and O–H groups in total. The topological polar surface area (TPSA) is 80.3 Å². The first kappa shape index (κ1) is 36.1. The first-order chi connectivity index (χ1) is 17.5. The van der Waals surface area contributed by atoms with Gasteiger partial charge in [0.1, 0.15) is 0 Å². The second kappa shape index (κ2) is 24.2. The largest absolute Gasteiger partial charge is 2.00 e. The van der Waals surface area contributed by atoms with Crippen molar-refractivity contribution in [3.8, 4) is 0 Å². The first-order valence-corrected chi connectivity index (χ1v) is 16.3. The number of hydrogen-bond acceptors (Lipinski definition) is 4. The van der Waals surface area contributed by atoms with Crippen LogP contribution in [0.1, 0.15) is 115 Å². The van der Waals surface area contributed by atoms with E-state index in [0.29, 0.717) is 10.6 Å². The van der Waals surface area contributed by atoms with Crippen LogP contribution in [-0.2, 0) is 39.3 Å². The van der Waals surface area contributed by atoms with E-state index < -0.39 is 16.1 Å². The van der Waals surface area contributed by atoms with Crippen molar-refractivity contribution in [3.63, 3.8) is 0 Å². The van der Waals surface area contributed by atoms with E-state index in [0.717, 1.165) is 12.8 Å². The van der Waals surface area contributed by atoms with Gasteiger partial charge in [0.15, 0.2) is 10.6 Å². The van der Waals surface area contributed by atoms with Crippen LogP contribution in [0.4, 0.5) is 0 Å². The molecule has 0 radical (unpaired) electrons. The predicted octanol–water partition coefficient (Wildman–Crippen LogP) is 7.41. The van der Waals surface area contributed by atoms with E-state index in [1.807, 2.05) is 24.3 Å². The Morgan fingerprint density at radius 1 is 0.486 bits per heavy atom. The molecule has 0 amide bonds. The van der Waals surface area contributed by atoms with Crippen molar-refractivity contribution in [1.29, 1.82) is 0 Å². The molecule has 2 unspecified atom stereocenters. The van der Waals surface area contributed by atoms with Crippen LogP contribution in [0.5, 0.6) is 0 Å². The second-order valence-corrected chi connectivity index (χ2v) is 11.7. The Kier molecular flexibility index (Phi) is 23.6. The molecular weight excluding hydrogens is 538 g/mol. The van der Waals surface area contributed by atoms with Gasteiger partial charge in [-0.1, -0.05) is 124 Å². The minimum absolute atomic E-state index is 0. The van der Waals surface area contributed by atoms with Gasteiger partial charge in [-0.15, -0.1) is 0 Å². The van der Waals surface area contributed by atoms with E-state index >= 15 is 0 Å². The van der Waals surface area contributed by atoms with E-state index in [2.05, 4.69) is 13.8 Å². The zero-order valence-electron chi connectivity index (χ0n) is 22.9. The molecular formula is C30H46CrO4P2+2. The molecule has 7 heteroatoms. The van der Waals surface area contributed by atoms with Gasteiger partial charge in [-0.2, -0.15) is 0 Å². The van der Waals surface area contributed by atoms with Gasteiger partial charge in [0.2, 0.25) is 0 Å². The first-order valence-electron chi connectivity index (χ1n) is 13.9. The maximum atomic E-state index is 10.7. The van der Waals surface area contributed by atoms with Gasteiger partial charge in [-0.05, 0) is 61.1 Å². The summed E-state index contributed by atoms with van der Waals surface area (Å²) in [7, 11) is -4.87. The minimum Gasteiger partial charge on any atom is -0.591 e. The van der Waals surface area contributed by atoms with Crippen LogP contribution in [0.25, 0.3) is 0 Å². The Morgan fingerprint density at radius 3 is 1.03 bits per heavy atom. The van der Waals surface area contributed by atoms with Crippen molar-refractivity contribution in [2.75, 3.05) is 0 Å². The summed E-state index contributed by atoms with van der Waals surface area (Å²) in [6.45, 7) is 4.47. The van der Waals surface area contributed by atoms with Crippen LogP contribution < -0.4 is 20.4 Å². The van der Waals surface area contributed by atoms with E-state index in [9.17, 15) is 18.9 Å². The molecule has 0 aliphatic rings. The molecule has 204 valence electrons. The summed E-state index contributed by atoms with van der Waals surface area (Å²) < 4.78 is 21.5. The fourth-order valence-corrected chi connectivity index (χ4v) is 4.93. The van der Waals surface area contributed by atoms with Crippen molar-refractivity contribution in [1.82, 2.24) is 0 Å². The molecule has 2 aromatic rings. The van der Waals surface area contributed by atoms with Crippen LogP contribution >= 0.6 is 16.1 Å². The molecule has 0 aliphatic heterocycles. The van der Waals surface area contributed by atoms with Gasteiger partial charge in [0.05, 0.1) is 0 Å². The van der Waals surface area contributed by atoms with Crippen molar-refractivity contribution in [2.24, 2.45) is 0 Å². The quantitative estimate of drug-likeness (QED) is 0.135. The molecule has 0 aliphatic carbocycles. The number of hydrogen-bond donors (Lipinski definition) is 0. The number of benzene rings is 2. The van der Waals surface area contributed by atoms with Crippen molar-refractivity contribution in [3.05, 3.63) is 59.7 Å². The van der Waals surface area contributed by atoms with E-state index in [4.69, 9.17) is 0 Å². The van der Waals surface area contributed by atoms with E-state index in [1.54, 1.807) is 24.3 Å². The van der Waals surface area contributed by atoms with Crippen LogP contribution in [0.15, 0.2) is 48.5 Å². The number of unbranched alkanes of at least 4 members (excludes halogenated alkanes) is 12. The van der Waals surface area contributed by atoms with Crippen LogP contribution in [0, 0.1) is 0 Å². The van der Waals surface area contributed by atoms with Crippen molar-refractivity contribution < 1.29 is 36.3 Å². The number of aryl methyl sites for hydroxylation is 2. The monoisotopic (exact) mass is 584 g/mol. The third kappa shape index (κ3) is 18.9. The molecule has 0 bridgehead atoms. The Bertz CT molecular complexity index is 770. The molecule has 0 heterocycles. The average molecular weight is 585 g/mol. The predicted molar refractivity (Wildman–Crippen MR) is 151 cm³/mol. The summed E-state index contributed by atoms with van der Waals surface area (Å²) in [5.41, 5.74) is 2.48. The second-order valence-electron chi connectivity index (χ2n) is 9.59. The maximum absolute atomic E-state index is 10.7. The Hall–Kier alpha value is -0.908. The third-order valence-electron chi connectivity index (χ3n) is 6.43. The molecule has 0 saturated carbocycles. The summed E-state index contributed by atoms with van der Waals surface area (Å²) in [5.74, 6) is 0. The zero-order valence-corrected chi connectivity index (χ0v) is 25.9. The van der Waals surface area contributed by atoms with E-state index in [1.165, 1.54) is 101 Å². The molecule has 2 atom stereocenters. The SMILES string of the molecule is CCCCCCCCCc1ccc([P+](=O)[O-])cc1.CCCCCCCCCc1ccc([P+](=O)[O-])cc1.[Cr+2]. The van der Waals surface area contributed by atoms with Crippen LogP contribution in [0.2, 0.25) is 0 Å². The Balaban J connectivity index is 0.000000682. The van der Waals surface area contributed by atoms with E-state index in [-0.39, 0.29) is 17.4 Å². The fourth-order valence-electron chi connectivity index (χ4n) is 4.14. The molecule has 0 spiro atoms. The van der Waals surface area contributed by atoms with Crippen molar-refractivity contribution >= 4 is 26.7 Å². The fraction of sp³-hybridized carbons (Fsp3) is 0.600. The summed E-state index contributed by atoms with van der Waals surface area (Å²) in [6, 6.07) is 14.5. The summed E-state index contributed by atoms with van der Waals surface area (Å²) in [5, 5.41) is 0.821. The molecule has 2 rings (SSSR count). The van der Waals surface area contributed by atoms with Gasteiger partial charge >= 0.3 is 33.4 Å². The minimum atomic E-state index is -2.43. The molecule has 0 aromatic heterocycles. The summed E-state index contributed by atoms with van der Waals surface area (Å²) >= 11 is 0. The molecule has 4 nitrogen and oxygen atoms in total. The van der Waals surface area contributed by atoms with Crippen LogP contribution in [-0.4, -0.2) is 0 Å². The zero-order chi connectivity index (χ0) is 26.4. The van der Waals surface area contributed by atoms with Crippen LogP contribution in [0.3, 0.4) is 0 Å². The molecule has 37 heavy (non-hydrogen) atoms. The molecule has 2 aromatic carbocycles. The van der Waals surface area contributed by atoms with Gasteiger partial charge in [-0.25, -0.2) is 0 Å². The average Bonchev–Trinajstić information content (AvgIpc) is 2.88. The van der Waals surface area contributed by atoms with Gasteiger partial charge in [-0.3, -0.25) is 0 Å². The van der Waals surface area contributed by atoms with Gasteiger partial charge < -0.3 is 9.79 Å². The smallest absolute Gasteiger partial charge is 0.591 e. The molecule has 0 fully saturated rings. The van der Waals surface area contributed by atoms with Gasteiger partial charge in [0.25, 0.3) is 0 Å². The Labute approximate surface area is 238 Å². The normalized spacial score (nSPS) is 11.2. The summed E-state index contributed by atoms with van der Waals surface area (Å²) in [4.78, 5) is 21.5. The molecule has 0 saturated heterocycles. The third-order valence-corrected chi connectivity index (χ3v) is 7.87. The number of rotatable bonds is 18.